The summed E-state index contributed by atoms with van der Waals surface area (Å²) < 4.78 is 11.6. The van der Waals surface area contributed by atoms with E-state index in [4.69, 9.17) is 9.47 Å². The van der Waals surface area contributed by atoms with Crippen LogP contribution in [0.25, 0.3) is 0 Å². The molecule has 0 aromatic heterocycles. The first-order valence-corrected chi connectivity index (χ1v) is 11.3. The number of carbonyl (C=O) groups excluding carboxylic acids is 2. The standard InChI is InChI=1S/C24H29BrN2O4/c1-5-16-13-19(25)12-15(2)22(16)26-23(28)17-8-10-27(11-9-17)24(29)18-6-7-20(30-3)21(14-18)31-4/h6-7,12-14,17H,5,8-11H2,1-4H3,(H,26,28). The van der Waals surface area contributed by atoms with Crippen LogP contribution in [0.3, 0.4) is 0 Å². The highest BCUT2D eigenvalue weighted by Crippen LogP contribution is 2.30. The van der Waals surface area contributed by atoms with Crippen molar-refractivity contribution >= 4 is 33.4 Å². The zero-order valence-electron chi connectivity index (χ0n) is 18.5. The van der Waals surface area contributed by atoms with Crippen molar-refractivity contribution in [2.24, 2.45) is 5.92 Å². The number of piperidine rings is 1. The number of hydrogen-bond acceptors (Lipinski definition) is 4. The molecule has 0 spiro atoms. The average molecular weight is 489 g/mol. The number of nitrogens with one attached hydrogen (secondary N) is 1. The molecule has 2 aromatic rings. The fraction of sp³-hybridized carbons (Fsp3) is 0.417. The monoisotopic (exact) mass is 488 g/mol. The molecule has 2 amide bonds. The smallest absolute Gasteiger partial charge is 0.253 e. The van der Waals surface area contributed by atoms with Crippen molar-refractivity contribution in [2.45, 2.75) is 33.1 Å². The minimum absolute atomic E-state index is 0.0262. The van der Waals surface area contributed by atoms with Crippen molar-refractivity contribution in [3.63, 3.8) is 0 Å². The van der Waals surface area contributed by atoms with Crippen LogP contribution in [-0.2, 0) is 11.2 Å². The summed E-state index contributed by atoms with van der Waals surface area (Å²) in [6.45, 7) is 5.18. The Labute approximate surface area is 192 Å². The van der Waals surface area contributed by atoms with Crippen LogP contribution in [0.1, 0.15) is 41.3 Å². The molecular formula is C24H29BrN2O4. The molecule has 7 heteroatoms. The second-order valence-corrected chi connectivity index (χ2v) is 8.65. The highest BCUT2D eigenvalue weighted by molar-refractivity contribution is 9.10. The molecule has 1 saturated heterocycles. The zero-order chi connectivity index (χ0) is 22.5. The van der Waals surface area contributed by atoms with Gasteiger partial charge in [0, 0.05) is 34.7 Å². The van der Waals surface area contributed by atoms with Gasteiger partial charge in [0.05, 0.1) is 14.2 Å². The molecule has 1 N–H and O–H groups in total. The summed E-state index contributed by atoms with van der Waals surface area (Å²) in [6.07, 6.45) is 2.12. The number of halogens is 1. The lowest BCUT2D eigenvalue weighted by atomic mass is 9.94. The Morgan fingerprint density at radius 1 is 1.10 bits per heavy atom. The van der Waals surface area contributed by atoms with E-state index in [1.165, 1.54) is 0 Å². The number of amides is 2. The van der Waals surface area contributed by atoms with Gasteiger partial charge in [0.2, 0.25) is 5.91 Å². The second-order valence-electron chi connectivity index (χ2n) is 7.74. The number of likely N-dealkylation sites (tertiary alicyclic amines) is 1. The van der Waals surface area contributed by atoms with Crippen LogP contribution in [0.5, 0.6) is 11.5 Å². The summed E-state index contributed by atoms with van der Waals surface area (Å²) in [5.74, 6) is 0.973. The fourth-order valence-electron chi connectivity index (χ4n) is 3.99. The second kappa shape index (κ2) is 10.2. The molecule has 3 rings (SSSR count). The maximum atomic E-state index is 12.9. The maximum absolute atomic E-state index is 12.9. The Balaban J connectivity index is 1.63. The maximum Gasteiger partial charge on any atom is 0.253 e. The van der Waals surface area contributed by atoms with Crippen molar-refractivity contribution in [3.8, 4) is 11.5 Å². The number of nitrogens with zero attached hydrogens (tertiary/aromatic N) is 1. The lowest BCUT2D eigenvalue weighted by molar-refractivity contribution is -0.121. The van der Waals surface area contributed by atoms with Gasteiger partial charge in [0.25, 0.3) is 5.91 Å². The molecule has 1 aliphatic heterocycles. The molecule has 0 unspecified atom stereocenters. The Hall–Kier alpha value is -2.54. The third-order valence-electron chi connectivity index (χ3n) is 5.79. The van der Waals surface area contributed by atoms with Crippen molar-refractivity contribution in [1.29, 1.82) is 0 Å². The molecule has 6 nitrogen and oxygen atoms in total. The van der Waals surface area contributed by atoms with E-state index in [1.807, 2.05) is 19.1 Å². The van der Waals surface area contributed by atoms with Crippen molar-refractivity contribution < 1.29 is 19.1 Å². The number of hydrogen-bond donors (Lipinski definition) is 1. The largest absolute Gasteiger partial charge is 0.493 e. The summed E-state index contributed by atoms with van der Waals surface area (Å²) in [7, 11) is 3.11. The Morgan fingerprint density at radius 3 is 2.39 bits per heavy atom. The molecule has 0 saturated carbocycles. The Kier molecular flexibility index (Phi) is 7.59. The molecule has 0 aliphatic carbocycles. The highest BCUT2D eigenvalue weighted by atomic mass is 79.9. The van der Waals surface area contributed by atoms with Crippen LogP contribution in [0, 0.1) is 12.8 Å². The van der Waals surface area contributed by atoms with Crippen LogP contribution < -0.4 is 14.8 Å². The summed E-state index contributed by atoms with van der Waals surface area (Å²) in [4.78, 5) is 27.6. The first kappa shape index (κ1) is 23.1. The number of rotatable bonds is 6. The van der Waals surface area contributed by atoms with Gasteiger partial charge in [0.15, 0.2) is 11.5 Å². The SMILES string of the molecule is CCc1cc(Br)cc(C)c1NC(=O)C1CCN(C(=O)c2ccc(OC)c(OC)c2)CC1. The molecular weight excluding hydrogens is 460 g/mol. The van der Waals surface area contributed by atoms with Crippen LogP contribution in [-0.4, -0.2) is 44.0 Å². The quantitative estimate of drug-likeness (QED) is 0.632. The molecule has 1 fully saturated rings. The van der Waals surface area contributed by atoms with Crippen LogP contribution in [0.2, 0.25) is 0 Å². The van der Waals surface area contributed by atoms with Gasteiger partial charge in [-0.05, 0) is 67.6 Å². The van der Waals surface area contributed by atoms with Crippen molar-refractivity contribution in [1.82, 2.24) is 4.90 Å². The van der Waals surface area contributed by atoms with E-state index < -0.39 is 0 Å². The van der Waals surface area contributed by atoms with E-state index in [2.05, 4.69) is 28.2 Å². The predicted octanol–water partition coefficient (Wildman–Crippen LogP) is 4.83. The lowest BCUT2D eigenvalue weighted by Crippen LogP contribution is -2.41. The minimum Gasteiger partial charge on any atom is -0.493 e. The molecule has 2 aromatic carbocycles. The first-order valence-electron chi connectivity index (χ1n) is 10.5. The predicted molar refractivity (Wildman–Crippen MR) is 125 cm³/mol. The number of benzene rings is 2. The van der Waals surface area contributed by atoms with E-state index in [0.717, 1.165) is 27.7 Å². The summed E-state index contributed by atoms with van der Waals surface area (Å²) >= 11 is 3.52. The summed E-state index contributed by atoms with van der Waals surface area (Å²) in [5, 5.41) is 3.14. The molecule has 0 atom stereocenters. The molecule has 1 heterocycles. The lowest BCUT2D eigenvalue weighted by Gasteiger charge is -2.31. The topological polar surface area (TPSA) is 67.9 Å². The van der Waals surface area contributed by atoms with E-state index >= 15 is 0 Å². The first-order chi connectivity index (χ1) is 14.9. The van der Waals surface area contributed by atoms with E-state index in [1.54, 1.807) is 37.3 Å². The number of carbonyl (C=O) groups is 2. The van der Waals surface area contributed by atoms with Gasteiger partial charge in [-0.25, -0.2) is 0 Å². The molecule has 166 valence electrons. The Bertz CT molecular complexity index is 968. The van der Waals surface area contributed by atoms with Gasteiger partial charge in [0.1, 0.15) is 0 Å². The van der Waals surface area contributed by atoms with Crippen molar-refractivity contribution in [2.75, 3.05) is 32.6 Å². The average Bonchev–Trinajstić information content (AvgIpc) is 2.79. The highest BCUT2D eigenvalue weighted by Gasteiger charge is 2.29. The zero-order valence-corrected chi connectivity index (χ0v) is 20.0. The van der Waals surface area contributed by atoms with E-state index in [0.29, 0.717) is 43.0 Å². The fourth-order valence-corrected chi connectivity index (χ4v) is 4.61. The van der Waals surface area contributed by atoms with Crippen LogP contribution in [0.15, 0.2) is 34.8 Å². The summed E-state index contributed by atoms with van der Waals surface area (Å²) in [6, 6.07) is 9.23. The molecule has 0 radical (unpaired) electrons. The number of anilines is 1. The summed E-state index contributed by atoms with van der Waals surface area (Å²) in [5.41, 5.74) is 3.61. The van der Waals surface area contributed by atoms with Gasteiger partial charge < -0.3 is 19.7 Å². The molecule has 31 heavy (non-hydrogen) atoms. The normalized spacial score (nSPS) is 14.3. The molecule has 1 aliphatic rings. The third-order valence-corrected chi connectivity index (χ3v) is 6.25. The van der Waals surface area contributed by atoms with E-state index in [-0.39, 0.29) is 17.7 Å². The van der Waals surface area contributed by atoms with Crippen LogP contribution in [0.4, 0.5) is 5.69 Å². The van der Waals surface area contributed by atoms with Gasteiger partial charge >= 0.3 is 0 Å². The number of methoxy groups -OCH3 is 2. The van der Waals surface area contributed by atoms with Crippen LogP contribution >= 0.6 is 15.9 Å². The van der Waals surface area contributed by atoms with Gasteiger partial charge in [-0.15, -0.1) is 0 Å². The number of aryl methyl sites for hydroxylation is 2. The molecule has 0 bridgehead atoms. The van der Waals surface area contributed by atoms with Gasteiger partial charge in [-0.2, -0.15) is 0 Å². The van der Waals surface area contributed by atoms with Gasteiger partial charge in [-0.1, -0.05) is 22.9 Å². The van der Waals surface area contributed by atoms with Crippen molar-refractivity contribution in [3.05, 3.63) is 51.5 Å². The minimum atomic E-state index is -0.109. The van der Waals surface area contributed by atoms with E-state index in [9.17, 15) is 9.59 Å². The Morgan fingerprint density at radius 2 is 1.77 bits per heavy atom. The number of ether oxygens (including phenoxy) is 2. The van der Waals surface area contributed by atoms with Gasteiger partial charge in [-0.3, -0.25) is 9.59 Å². The third kappa shape index (κ3) is 5.21.